The Hall–Kier alpha value is -0.610. The number of hydrogen-bond donors (Lipinski definition) is 3. The second-order valence-corrected chi connectivity index (χ2v) is 7.41. The number of piperidine rings is 1. The molecule has 1 aliphatic carbocycles. The van der Waals surface area contributed by atoms with Crippen molar-refractivity contribution in [3.63, 3.8) is 0 Å². The zero-order chi connectivity index (χ0) is 18.6. The summed E-state index contributed by atoms with van der Waals surface area (Å²) >= 11 is 0. The van der Waals surface area contributed by atoms with Gasteiger partial charge in [0.05, 0.1) is 25.8 Å². The number of rotatable bonds is 8. The number of nitrogens with one attached hydrogen (secondary N) is 2. The monoisotopic (exact) mass is 495 g/mol. The first-order valence-electron chi connectivity index (χ1n) is 10.3. The molecule has 1 heterocycles. The van der Waals surface area contributed by atoms with Crippen LogP contribution >= 0.6 is 24.0 Å². The Kier molecular flexibility index (Phi) is 13.0. The number of aliphatic imine (C=N–C) groups is 1. The lowest BCUT2D eigenvalue weighted by atomic mass is 10.1. The summed E-state index contributed by atoms with van der Waals surface area (Å²) in [7, 11) is 0. The Morgan fingerprint density at radius 2 is 1.81 bits per heavy atom. The third-order valence-electron chi connectivity index (χ3n) is 5.17. The predicted octanol–water partition coefficient (Wildman–Crippen LogP) is 1.85. The Labute approximate surface area is 181 Å². The van der Waals surface area contributed by atoms with Crippen molar-refractivity contribution in [2.45, 2.75) is 70.4 Å². The van der Waals surface area contributed by atoms with Gasteiger partial charge in [0, 0.05) is 25.7 Å². The molecule has 0 unspecified atom stereocenters. The van der Waals surface area contributed by atoms with Crippen LogP contribution in [0.25, 0.3) is 0 Å². The maximum Gasteiger partial charge on any atom is 0.231 e. The zero-order valence-corrected chi connectivity index (χ0v) is 19.1. The molecule has 0 aromatic rings. The lowest BCUT2D eigenvalue weighted by Crippen LogP contribution is -2.49. The molecule has 2 fully saturated rings. The number of likely N-dealkylation sites (tertiary alicyclic amines) is 1. The Morgan fingerprint density at radius 1 is 1.15 bits per heavy atom. The van der Waals surface area contributed by atoms with Crippen LogP contribution in [0.15, 0.2) is 4.99 Å². The summed E-state index contributed by atoms with van der Waals surface area (Å²) in [5.41, 5.74) is 5.27. The van der Waals surface area contributed by atoms with Crippen molar-refractivity contribution in [3.05, 3.63) is 0 Å². The Balaban J connectivity index is 0.00000364. The fourth-order valence-electron chi connectivity index (χ4n) is 3.75. The normalized spacial score (nSPS) is 20.6. The van der Waals surface area contributed by atoms with Crippen molar-refractivity contribution in [1.82, 2.24) is 15.5 Å². The third kappa shape index (κ3) is 10.5. The lowest BCUT2D eigenvalue weighted by molar-refractivity contribution is -0.119. The van der Waals surface area contributed by atoms with Crippen LogP contribution in [0.4, 0.5) is 0 Å². The van der Waals surface area contributed by atoms with Crippen LogP contribution in [0.1, 0.15) is 58.3 Å². The van der Waals surface area contributed by atoms with Gasteiger partial charge in [0.2, 0.25) is 5.91 Å². The number of carbonyl (C=O) groups is 1. The molecule has 0 aromatic carbocycles. The minimum absolute atomic E-state index is 0. The smallest absolute Gasteiger partial charge is 0.231 e. The quantitative estimate of drug-likeness (QED) is 0.157. The largest absolute Gasteiger partial charge is 0.376 e. The van der Waals surface area contributed by atoms with E-state index in [9.17, 15) is 4.79 Å². The van der Waals surface area contributed by atoms with Crippen LogP contribution in [-0.4, -0.2) is 68.2 Å². The van der Waals surface area contributed by atoms with Gasteiger partial charge >= 0.3 is 0 Å². The van der Waals surface area contributed by atoms with Gasteiger partial charge < -0.3 is 21.1 Å². The SMILES string of the molecule is CCNC(=NCCOC1CCCCCC1)NC1CCN(CC(N)=O)CC1.I. The van der Waals surface area contributed by atoms with Crippen molar-refractivity contribution in [2.75, 3.05) is 39.3 Å². The maximum atomic E-state index is 11.0. The van der Waals surface area contributed by atoms with Crippen LogP contribution in [-0.2, 0) is 9.53 Å². The molecule has 1 amide bonds. The third-order valence-corrected chi connectivity index (χ3v) is 5.17. The first kappa shape index (κ1) is 24.4. The van der Waals surface area contributed by atoms with Crippen LogP contribution in [0.2, 0.25) is 0 Å². The van der Waals surface area contributed by atoms with Crippen LogP contribution in [0.3, 0.4) is 0 Å². The van der Waals surface area contributed by atoms with Gasteiger partial charge in [-0.05, 0) is 32.6 Å². The minimum atomic E-state index is -0.250. The molecule has 27 heavy (non-hydrogen) atoms. The predicted molar refractivity (Wildman–Crippen MR) is 121 cm³/mol. The van der Waals surface area contributed by atoms with E-state index in [1.54, 1.807) is 0 Å². The van der Waals surface area contributed by atoms with Gasteiger partial charge in [0.25, 0.3) is 0 Å². The van der Waals surface area contributed by atoms with Gasteiger partial charge in [-0.1, -0.05) is 25.7 Å². The molecule has 2 rings (SSSR count). The van der Waals surface area contributed by atoms with E-state index in [1.807, 2.05) is 0 Å². The lowest BCUT2D eigenvalue weighted by Gasteiger charge is -2.32. The van der Waals surface area contributed by atoms with Crippen LogP contribution < -0.4 is 16.4 Å². The number of halogens is 1. The summed E-state index contributed by atoms with van der Waals surface area (Å²) in [5.74, 6) is 0.616. The van der Waals surface area contributed by atoms with Gasteiger partial charge in [-0.3, -0.25) is 14.7 Å². The molecular formula is C19H38IN5O2. The highest BCUT2D eigenvalue weighted by molar-refractivity contribution is 14.0. The molecular weight excluding hydrogens is 457 g/mol. The highest BCUT2D eigenvalue weighted by Gasteiger charge is 2.20. The van der Waals surface area contributed by atoms with Gasteiger partial charge in [0.1, 0.15) is 0 Å². The molecule has 158 valence electrons. The van der Waals surface area contributed by atoms with Crippen molar-refractivity contribution in [1.29, 1.82) is 0 Å². The number of hydrogen-bond acceptors (Lipinski definition) is 4. The number of amides is 1. The zero-order valence-electron chi connectivity index (χ0n) is 16.8. The summed E-state index contributed by atoms with van der Waals surface area (Å²) in [6.45, 7) is 6.45. The maximum absolute atomic E-state index is 11.0. The van der Waals surface area contributed by atoms with Crippen LogP contribution in [0, 0.1) is 0 Å². The number of nitrogens with zero attached hydrogens (tertiary/aromatic N) is 2. The van der Waals surface area contributed by atoms with E-state index in [-0.39, 0.29) is 29.9 Å². The van der Waals surface area contributed by atoms with E-state index in [1.165, 1.54) is 38.5 Å². The summed E-state index contributed by atoms with van der Waals surface area (Å²) in [6.07, 6.45) is 10.1. The molecule has 7 nitrogen and oxygen atoms in total. The number of ether oxygens (including phenoxy) is 1. The molecule has 0 atom stereocenters. The molecule has 2 aliphatic rings. The van der Waals surface area contributed by atoms with E-state index < -0.39 is 0 Å². The molecule has 0 spiro atoms. The fourth-order valence-corrected chi connectivity index (χ4v) is 3.75. The van der Waals surface area contributed by atoms with Gasteiger partial charge in [-0.2, -0.15) is 0 Å². The van der Waals surface area contributed by atoms with E-state index in [4.69, 9.17) is 10.5 Å². The summed E-state index contributed by atoms with van der Waals surface area (Å²) < 4.78 is 6.02. The molecule has 0 aromatic heterocycles. The van der Waals surface area contributed by atoms with E-state index in [0.29, 0.717) is 31.8 Å². The second-order valence-electron chi connectivity index (χ2n) is 7.41. The van der Waals surface area contributed by atoms with E-state index in [2.05, 4.69) is 27.4 Å². The second kappa shape index (κ2) is 14.4. The van der Waals surface area contributed by atoms with Crippen molar-refractivity contribution in [3.8, 4) is 0 Å². The van der Waals surface area contributed by atoms with E-state index >= 15 is 0 Å². The average molecular weight is 495 g/mol. The molecule has 4 N–H and O–H groups in total. The minimum Gasteiger partial charge on any atom is -0.376 e. The number of guanidine groups is 1. The molecule has 1 saturated carbocycles. The van der Waals surface area contributed by atoms with Gasteiger partial charge in [-0.25, -0.2) is 0 Å². The molecule has 8 heteroatoms. The first-order valence-corrected chi connectivity index (χ1v) is 10.3. The topological polar surface area (TPSA) is 92.0 Å². The highest BCUT2D eigenvalue weighted by Crippen LogP contribution is 2.19. The summed E-state index contributed by atoms with van der Waals surface area (Å²) in [4.78, 5) is 17.8. The molecule has 0 radical (unpaired) electrons. The number of carbonyl (C=O) groups excluding carboxylic acids is 1. The average Bonchev–Trinajstić information content (AvgIpc) is 2.89. The standard InChI is InChI=1S/C19H37N5O2.HI/c1-2-21-19(22-11-14-26-17-7-5-3-4-6-8-17)23-16-9-12-24(13-10-16)15-18(20)25;/h16-17H,2-15H2,1H3,(H2,20,25)(H2,21,22,23);1H. The van der Waals surface area contributed by atoms with Crippen molar-refractivity contribution in [2.24, 2.45) is 10.7 Å². The highest BCUT2D eigenvalue weighted by atomic mass is 127. The van der Waals surface area contributed by atoms with Gasteiger partial charge in [-0.15, -0.1) is 24.0 Å². The molecule has 1 saturated heterocycles. The van der Waals surface area contributed by atoms with E-state index in [0.717, 1.165) is 38.4 Å². The number of primary amides is 1. The first-order chi connectivity index (χ1) is 12.7. The molecule has 0 bridgehead atoms. The summed E-state index contributed by atoms with van der Waals surface area (Å²) in [5, 5.41) is 6.84. The summed E-state index contributed by atoms with van der Waals surface area (Å²) in [6, 6.07) is 0.389. The Morgan fingerprint density at radius 3 is 2.41 bits per heavy atom. The van der Waals surface area contributed by atoms with Gasteiger partial charge in [0.15, 0.2) is 5.96 Å². The van der Waals surface area contributed by atoms with Crippen molar-refractivity contribution >= 4 is 35.8 Å². The number of nitrogens with two attached hydrogens (primary N) is 1. The van der Waals surface area contributed by atoms with Crippen molar-refractivity contribution < 1.29 is 9.53 Å². The Bertz CT molecular complexity index is 434. The fraction of sp³-hybridized carbons (Fsp3) is 0.895. The van der Waals surface area contributed by atoms with Crippen LogP contribution in [0.5, 0.6) is 0 Å². The molecule has 1 aliphatic heterocycles.